The largest absolute Gasteiger partial charge is 0.383 e. The van der Waals surface area contributed by atoms with Crippen molar-refractivity contribution in [1.29, 1.82) is 0 Å². The Hall–Kier alpha value is -1.64. The van der Waals surface area contributed by atoms with Crippen molar-refractivity contribution in [1.82, 2.24) is 4.98 Å². The molecule has 0 unspecified atom stereocenters. The van der Waals surface area contributed by atoms with Crippen LogP contribution in [0, 0.1) is 0 Å². The number of anilines is 2. The molecule has 1 N–H and O–H groups in total. The lowest BCUT2D eigenvalue weighted by Crippen LogP contribution is -2.29. The monoisotopic (exact) mass is 369 g/mol. The summed E-state index contributed by atoms with van der Waals surface area (Å²) < 4.78 is 30.0. The average molecular weight is 370 g/mol. The molecule has 0 aliphatic carbocycles. The second kappa shape index (κ2) is 7.96. The second-order valence-electron chi connectivity index (χ2n) is 5.51. The van der Waals surface area contributed by atoms with Gasteiger partial charge in [-0.2, -0.15) is 0 Å². The lowest BCUT2D eigenvalue weighted by Gasteiger charge is -2.20. The predicted octanol–water partition coefficient (Wildman–Crippen LogP) is 3.04. The fourth-order valence-electron chi connectivity index (χ4n) is 2.38. The standard InChI is InChI=1S/C16H23N3O3S2/c1-5-19(24(4,20)21)14-8-6-13(7-9-14)15-11-23-16(18-15)17-12(2)10-22-3/h6-9,11-12H,5,10H2,1-4H3,(H,17,18)/t12-/m0/s1. The number of aromatic nitrogens is 1. The maximum atomic E-state index is 11.8. The molecule has 0 amide bonds. The first kappa shape index (κ1) is 18.7. The molecule has 0 radical (unpaired) electrons. The summed E-state index contributed by atoms with van der Waals surface area (Å²) in [5.41, 5.74) is 2.47. The average Bonchev–Trinajstić information content (AvgIpc) is 2.96. The van der Waals surface area contributed by atoms with Gasteiger partial charge in [-0.25, -0.2) is 13.4 Å². The molecule has 0 saturated heterocycles. The molecule has 132 valence electrons. The van der Waals surface area contributed by atoms with Gasteiger partial charge in [-0.3, -0.25) is 4.31 Å². The van der Waals surface area contributed by atoms with Crippen molar-refractivity contribution in [2.75, 3.05) is 36.1 Å². The highest BCUT2D eigenvalue weighted by atomic mass is 32.2. The Morgan fingerprint density at radius 1 is 1.33 bits per heavy atom. The third-order valence-electron chi connectivity index (χ3n) is 3.43. The van der Waals surface area contributed by atoms with Crippen LogP contribution in [-0.4, -0.2) is 46.0 Å². The van der Waals surface area contributed by atoms with Gasteiger partial charge in [0.15, 0.2) is 5.13 Å². The molecule has 2 rings (SSSR count). The van der Waals surface area contributed by atoms with Gasteiger partial charge in [0.2, 0.25) is 10.0 Å². The van der Waals surface area contributed by atoms with Crippen molar-refractivity contribution in [2.24, 2.45) is 0 Å². The minimum absolute atomic E-state index is 0.184. The summed E-state index contributed by atoms with van der Waals surface area (Å²) in [6.07, 6.45) is 1.21. The smallest absolute Gasteiger partial charge is 0.232 e. The SMILES string of the molecule is CCN(c1ccc(-c2csc(N[C@@H](C)COC)n2)cc1)S(C)(=O)=O. The van der Waals surface area contributed by atoms with Crippen LogP contribution in [0.3, 0.4) is 0 Å². The molecule has 1 aromatic carbocycles. The van der Waals surface area contributed by atoms with E-state index in [4.69, 9.17) is 4.74 Å². The molecular formula is C16H23N3O3S2. The maximum Gasteiger partial charge on any atom is 0.232 e. The number of nitrogens with one attached hydrogen (secondary N) is 1. The molecule has 1 atom stereocenters. The molecule has 8 heteroatoms. The Labute approximate surface area is 147 Å². The van der Waals surface area contributed by atoms with Crippen molar-refractivity contribution in [2.45, 2.75) is 19.9 Å². The Morgan fingerprint density at radius 3 is 2.54 bits per heavy atom. The van der Waals surface area contributed by atoms with Gasteiger partial charge in [0.25, 0.3) is 0 Å². The molecule has 6 nitrogen and oxygen atoms in total. The normalized spacial score (nSPS) is 12.8. The van der Waals surface area contributed by atoms with Crippen molar-refractivity contribution in [3.05, 3.63) is 29.6 Å². The molecule has 0 spiro atoms. The fourth-order valence-corrected chi connectivity index (χ4v) is 4.19. The quantitative estimate of drug-likeness (QED) is 0.774. The van der Waals surface area contributed by atoms with Crippen LogP contribution in [0.5, 0.6) is 0 Å². The first-order chi connectivity index (χ1) is 11.3. The first-order valence-electron chi connectivity index (χ1n) is 7.64. The summed E-state index contributed by atoms with van der Waals surface area (Å²) in [4.78, 5) is 4.57. The summed E-state index contributed by atoms with van der Waals surface area (Å²) in [5.74, 6) is 0. The van der Waals surface area contributed by atoms with Crippen molar-refractivity contribution < 1.29 is 13.2 Å². The Bertz CT molecular complexity index is 757. The number of hydrogen-bond donors (Lipinski definition) is 1. The second-order valence-corrected chi connectivity index (χ2v) is 8.28. The molecule has 0 aliphatic heterocycles. The lowest BCUT2D eigenvalue weighted by molar-refractivity contribution is 0.190. The zero-order valence-corrected chi connectivity index (χ0v) is 15.9. The van der Waals surface area contributed by atoms with Gasteiger partial charge < -0.3 is 10.1 Å². The van der Waals surface area contributed by atoms with Crippen LogP contribution in [0.25, 0.3) is 11.3 Å². The van der Waals surface area contributed by atoms with Crippen LogP contribution in [0.15, 0.2) is 29.6 Å². The van der Waals surface area contributed by atoms with Gasteiger partial charge in [-0.1, -0.05) is 12.1 Å². The van der Waals surface area contributed by atoms with Crippen LogP contribution >= 0.6 is 11.3 Å². The van der Waals surface area contributed by atoms with E-state index in [1.165, 1.54) is 21.9 Å². The lowest BCUT2D eigenvalue weighted by atomic mass is 10.1. The van der Waals surface area contributed by atoms with Crippen LogP contribution < -0.4 is 9.62 Å². The fraction of sp³-hybridized carbons (Fsp3) is 0.438. The van der Waals surface area contributed by atoms with E-state index in [1.54, 1.807) is 19.2 Å². The number of thiazole rings is 1. The number of sulfonamides is 1. The molecule has 2 aromatic rings. The number of nitrogens with zero attached hydrogens (tertiary/aromatic N) is 2. The van der Waals surface area contributed by atoms with Gasteiger partial charge in [-0.15, -0.1) is 11.3 Å². The van der Waals surface area contributed by atoms with Crippen LogP contribution in [0.2, 0.25) is 0 Å². The zero-order valence-electron chi connectivity index (χ0n) is 14.3. The van der Waals surface area contributed by atoms with Gasteiger partial charge in [0.05, 0.1) is 24.2 Å². The zero-order chi connectivity index (χ0) is 17.7. The minimum atomic E-state index is -3.26. The molecule has 24 heavy (non-hydrogen) atoms. The van der Waals surface area contributed by atoms with Crippen LogP contribution in [-0.2, 0) is 14.8 Å². The summed E-state index contributed by atoms with van der Waals surface area (Å²) in [6, 6.07) is 7.57. The molecular weight excluding hydrogens is 346 g/mol. The highest BCUT2D eigenvalue weighted by Crippen LogP contribution is 2.27. The Kier molecular flexibility index (Phi) is 6.20. The Morgan fingerprint density at radius 2 is 2.00 bits per heavy atom. The maximum absolute atomic E-state index is 11.8. The number of benzene rings is 1. The summed E-state index contributed by atoms with van der Waals surface area (Å²) in [7, 11) is -1.59. The number of ether oxygens (including phenoxy) is 1. The third kappa shape index (κ3) is 4.68. The highest BCUT2D eigenvalue weighted by molar-refractivity contribution is 7.92. The van der Waals surface area contributed by atoms with Crippen molar-refractivity contribution in [3.63, 3.8) is 0 Å². The van der Waals surface area contributed by atoms with E-state index in [-0.39, 0.29) is 6.04 Å². The Balaban J connectivity index is 2.15. The van der Waals surface area contributed by atoms with E-state index >= 15 is 0 Å². The van der Waals surface area contributed by atoms with Crippen molar-refractivity contribution >= 4 is 32.2 Å². The molecule has 0 saturated carbocycles. The molecule has 1 aromatic heterocycles. The van der Waals surface area contributed by atoms with E-state index in [9.17, 15) is 8.42 Å². The molecule has 0 fully saturated rings. The third-order valence-corrected chi connectivity index (χ3v) is 5.47. The summed E-state index contributed by atoms with van der Waals surface area (Å²) in [6.45, 7) is 4.86. The number of hydrogen-bond acceptors (Lipinski definition) is 6. The van der Waals surface area contributed by atoms with E-state index in [2.05, 4.69) is 10.3 Å². The predicted molar refractivity (Wildman–Crippen MR) is 100 cm³/mol. The summed E-state index contributed by atoms with van der Waals surface area (Å²) in [5, 5.41) is 6.10. The van der Waals surface area contributed by atoms with Gasteiger partial charge in [0.1, 0.15) is 0 Å². The van der Waals surface area contributed by atoms with Crippen LogP contribution in [0.1, 0.15) is 13.8 Å². The number of rotatable bonds is 8. The van der Waals surface area contributed by atoms with E-state index in [1.807, 2.05) is 31.4 Å². The van der Waals surface area contributed by atoms with E-state index < -0.39 is 10.0 Å². The van der Waals surface area contributed by atoms with Gasteiger partial charge in [-0.05, 0) is 26.0 Å². The minimum Gasteiger partial charge on any atom is -0.383 e. The first-order valence-corrected chi connectivity index (χ1v) is 10.4. The highest BCUT2D eigenvalue weighted by Gasteiger charge is 2.15. The van der Waals surface area contributed by atoms with E-state index in [0.29, 0.717) is 18.8 Å². The van der Waals surface area contributed by atoms with Gasteiger partial charge >= 0.3 is 0 Å². The van der Waals surface area contributed by atoms with E-state index in [0.717, 1.165) is 16.4 Å². The van der Waals surface area contributed by atoms with Crippen LogP contribution in [0.4, 0.5) is 10.8 Å². The topological polar surface area (TPSA) is 71.5 Å². The molecule has 0 aliphatic rings. The van der Waals surface area contributed by atoms with Gasteiger partial charge in [0, 0.05) is 30.6 Å². The molecule has 1 heterocycles. The number of methoxy groups -OCH3 is 1. The molecule has 0 bridgehead atoms. The van der Waals surface area contributed by atoms with Crippen molar-refractivity contribution in [3.8, 4) is 11.3 Å². The summed E-state index contributed by atoms with van der Waals surface area (Å²) >= 11 is 1.53.